The molecule has 0 saturated heterocycles. The molecule has 0 aromatic heterocycles. The number of benzene rings is 3. The van der Waals surface area contributed by atoms with Gasteiger partial charge in [0.05, 0.1) is 6.61 Å². The summed E-state index contributed by atoms with van der Waals surface area (Å²) in [6.45, 7) is 0.703. The summed E-state index contributed by atoms with van der Waals surface area (Å²) in [7, 11) is 0. The summed E-state index contributed by atoms with van der Waals surface area (Å²) in [5, 5.41) is 3.32. The van der Waals surface area contributed by atoms with Crippen molar-refractivity contribution in [2.75, 3.05) is 6.61 Å². The SMILES string of the molecule is Clc1ccc(C2=CC=C[C@@H]3c4c(ccc5ccccc45)OC[C@H]23)cc1. The van der Waals surface area contributed by atoms with Crippen molar-refractivity contribution in [1.82, 2.24) is 0 Å². The molecule has 0 N–H and O–H groups in total. The van der Waals surface area contributed by atoms with Crippen molar-refractivity contribution in [2.24, 2.45) is 5.92 Å². The van der Waals surface area contributed by atoms with Gasteiger partial charge in [-0.15, -0.1) is 0 Å². The fraction of sp³-hybridized carbons (Fsp3) is 0.130. The van der Waals surface area contributed by atoms with Gasteiger partial charge in [0.15, 0.2) is 0 Å². The molecule has 122 valence electrons. The molecule has 0 spiro atoms. The predicted molar refractivity (Wildman–Crippen MR) is 104 cm³/mol. The summed E-state index contributed by atoms with van der Waals surface area (Å²) in [6.07, 6.45) is 6.71. The number of rotatable bonds is 1. The minimum atomic E-state index is 0.324. The molecule has 1 aliphatic carbocycles. The predicted octanol–water partition coefficient (Wildman–Crippen LogP) is 6.24. The van der Waals surface area contributed by atoms with Crippen molar-refractivity contribution >= 4 is 27.9 Å². The van der Waals surface area contributed by atoms with E-state index in [-0.39, 0.29) is 0 Å². The Kier molecular flexibility index (Phi) is 3.43. The summed E-state index contributed by atoms with van der Waals surface area (Å²) in [5.74, 6) is 1.68. The smallest absolute Gasteiger partial charge is 0.123 e. The Morgan fingerprint density at radius 1 is 0.920 bits per heavy atom. The Bertz CT molecular complexity index is 1010. The van der Waals surface area contributed by atoms with Crippen molar-refractivity contribution in [3.05, 3.63) is 95.0 Å². The van der Waals surface area contributed by atoms with Crippen molar-refractivity contribution in [3.8, 4) is 5.75 Å². The molecule has 0 saturated carbocycles. The van der Waals surface area contributed by atoms with Gasteiger partial charge in [0.2, 0.25) is 0 Å². The van der Waals surface area contributed by atoms with E-state index in [1.54, 1.807) is 0 Å². The summed E-state index contributed by atoms with van der Waals surface area (Å²) in [6, 6.07) is 20.9. The van der Waals surface area contributed by atoms with Crippen molar-refractivity contribution < 1.29 is 4.74 Å². The second-order valence-corrected chi connectivity index (χ2v) is 7.09. The van der Waals surface area contributed by atoms with Gasteiger partial charge in [-0.25, -0.2) is 0 Å². The van der Waals surface area contributed by atoms with Gasteiger partial charge in [-0.1, -0.05) is 72.3 Å². The van der Waals surface area contributed by atoms with Gasteiger partial charge in [0, 0.05) is 22.4 Å². The monoisotopic (exact) mass is 344 g/mol. The van der Waals surface area contributed by atoms with Crippen LogP contribution in [0.1, 0.15) is 17.0 Å². The second-order valence-electron chi connectivity index (χ2n) is 6.66. The second kappa shape index (κ2) is 5.79. The third-order valence-electron chi connectivity index (χ3n) is 5.29. The molecule has 25 heavy (non-hydrogen) atoms. The Morgan fingerprint density at radius 2 is 1.76 bits per heavy atom. The Balaban J connectivity index is 1.64. The minimum Gasteiger partial charge on any atom is -0.493 e. The molecule has 0 fully saturated rings. The molecule has 0 bridgehead atoms. The van der Waals surface area contributed by atoms with Gasteiger partial charge in [-0.2, -0.15) is 0 Å². The number of hydrogen-bond acceptors (Lipinski definition) is 1. The van der Waals surface area contributed by atoms with E-state index in [1.807, 2.05) is 12.1 Å². The van der Waals surface area contributed by atoms with Crippen LogP contribution in [-0.2, 0) is 0 Å². The first-order valence-electron chi connectivity index (χ1n) is 8.60. The minimum absolute atomic E-state index is 0.324. The van der Waals surface area contributed by atoms with Crippen LogP contribution < -0.4 is 4.74 Å². The van der Waals surface area contributed by atoms with Crippen LogP contribution in [0.2, 0.25) is 5.02 Å². The molecular formula is C23H17ClO. The Labute approximate surface area is 152 Å². The lowest BCUT2D eigenvalue weighted by atomic mass is 9.73. The summed E-state index contributed by atoms with van der Waals surface area (Å²) < 4.78 is 6.18. The molecule has 0 amide bonds. The molecule has 1 nitrogen and oxygen atoms in total. The standard InChI is InChI=1S/C23H17ClO/c24-17-11-8-16(9-12-17)18-6-3-7-20-21(18)14-25-22-13-10-15-4-1-2-5-19(15)23(20)22/h1-13,20-21H,14H2/t20-,21+/m0/s1. The first kappa shape index (κ1) is 14.8. The topological polar surface area (TPSA) is 9.23 Å². The van der Waals surface area contributed by atoms with E-state index in [0.29, 0.717) is 18.4 Å². The van der Waals surface area contributed by atoms with Gasteiger partial charge in [0.25, 0.3) is 0 Å². The summed E-state index contributed by atoms with van der Waals surface area (Å²) in [4.78, 5) is 0. The van der Waals surface area contributed by atoms with E-state index in [9.17, 15) is 0 Å². The quantitative estimate of drug-likeness (QED) is 0.507. The maximum Gasteiger partial charge on any atom is 0.123 e. The fourth-order valence-electron chi connectivity index (χ4n) is 4.10. The van der Waals surface area contributed by atoms with Crippen LogP contribution in [0.25, 0.3) is 16.3 Å². The molecule has 5 rings (SSSR count). The maximum absolute atomic E-state index is 6.18. The molecule has 1 heterocycles. The molecule has 0 radical (unpaired) electrons. The van der Waals surface area contributed by atoms with Crippen LogP contribution >= 0.6 is 11.6 Å². The van der Waals surface area contributed by atoms with Crippen molar-refractivity contribution in [1.29, 1.82) is 0 Å². The molecule has 1 aliphatic heterocycles. The van der Waals surface area contributed by atoms with Gasteiger partial charge in [-0.3, -0.25) is 0 Å². The van der Waals surface area contributed by atoms with E-state index in [1.165, 1.54) is 27.5 Å². The highest BCUT2D eigenvalue weighted by Gasteiger charge is 2.34. The van der Waals surface area contributed by atoms with Crippen LogP contribution in [0.3, 0.4) is 0 Å². The van der Waals surface area contributed by atoms with Gasteiger partial charge in [0.1, 0.15) is 5.75 Å². The summed E-state index contributed by atoms with van der Waals surface area (Å²) >= 11 is 6.06. The molecular weight excluding hydrogens is 328 g/mol. The lowest BCUT2D eigenvalue weighted by Crippen LogP contribution is -2.27. The van der Waals surface area contributed by atoms with Crippen LogP contribution in [0.15, 0.2) is 78.9 Å². The van der Waals surface area contributed by atoms with Crippen LogP contribution in [0.5, 0.6) is 5.75 Å². The maximum atomic E-state index is 6.18. The largest absolute Gasteiger partial charge is 0.493 e. The van der Waals surface area contributed by atoms with E-state index >= 15 is 0 Å². The number of allylic oxidation sites excluding steroid dienone is 3. The van der Waals surface area contributed by atoms with E-state index in [4.69, 9.17) is 16.3 Å². The van der Waals surface area contributed by atoms with Gasteiger partial charge >= 0.3 is 0 Å². The zero-order valence-corrected chi connectivity index (χ0v) is 14.4. The third-order valence-corrected chi connectivity index (χ3v) is 5.54. The zero-order valence-electron chi connectivity index (χ0n) is 13.7. The molecule has 0 unspecified atom stereocenters. The number of halogens is 1. The fourth-order valence-corrected chi connectivity index (χ4v) is 4.22. The zero-order chi connectivity index (χ0) is 16.8. The Morgan fingerprint density at radius 3 is 2.64 bits per heavy atom. The molecule has 3 aromatic carbocycles. The third kappa shape index (κ3) is 2.39. The van der Waals surface area contributed by atoms with Crippen LogP contribution in [-0.4, -0.2) is 6.61 Å². The highest BCUT2D eigenvalue weighted by Crippen LogP contribution is 2.48. The average Bonchev–Trinajstić information content (AvgIpc) is 2.67. The molecule has 2 aliphatic rings. The molecule has 2 atom stereocenters. The van der Waals surface area contributed by atoms with E-state index in [0.717, 1.165) is 10.8 Å². The van der Waals surface area contributed by atoms with Crippen molar-refractivity contribution in [3.63, 3.8) is 0 Å². The summed E-state index contributed by atoms with van der Waals surface area (Å²) in [5.41, 5.74) is 3.85. The average molecular weight is 345 g/mol. The lowest BCUT2D eigenvalue weighted by Gasteiger charge is -2.36. The Hall–Kier alpha value is -2.51. The van der Waals surface area contributed by atoms with Crippen molar-refractivity contribution in [2.45, 2.75) is 5.92 Å². The van der Waals surface area contributed by atoms with Crippen LogP contribution in [0, 0.1) is 5.92 Å². The highest BCUT2D eigenvalue weighted by molar-refractivity contribution is 6.30. The molecule has 2 heteroatoms. The first-order chi connectivity index (χ1) is 12.3. The highest BCUT2D eigenvalue weighted by atomic mass is 35.5. The first-order valence-corrected chi connectivity index (χ1v) is 8.98. The van der Waals surface area contributed by atoms with E-state index in [2.05, 4.69) is 66.8 Å². The normalized spacial score (nSPS) is 21.2. The van der Waals surface area contributed by atoms with Gasteiger partial charge in [-0.05, 0) is 40.1 Å². The number of ether oxygens (including phenoxy) is 1. The van der Waals surface area contributed by atoms with E-state index < -0.39 is 0 Å². The van der Waals surface area contributed by atoms with Crippen LogP contribution in [0.4, 0.5) is 0 Å². The lowest BCUT2D eigenvalue weighted by molar-refractivity contribution is 0.242. The van der Waals surface area contributed by atoms with Gasteiger partial charge < -0.3 is 4.74 Å². The number of fused-ring (bicyclic) bond motifs is 5. The number of hydrogen-bond donors (Lipinski definition) is 0. The molecule has 3 aromatic rings.